The second kappa shape index (κ2) is 11.1. The van der Waals surface area contributed by atoms with Crippen LogP contribution in [0, 0.1) is 6.92 Å². The van der Waals surface area contributed by atoms with Gasteiger partial charge in [0.05, 0.1) is 19.7 Å². The lowest BCUT2D eigenvalue weighted by Gasteiger charge is -2.24. The Morgan fingerprint density at radius 3 is 2.27 bits per heavy atom. The van der Waals surface area contributed by atoms with Gasteiger partial charge in [-0.2, -0.15) is 4.31 Å². The minimum absolute atomic E-state index is 0.0574. The topological polar surface area (TPSA) is 75.7 Å². The molecule has 0 saturated heterocycles. The third-order valence-electron chi connectivity index (χ3n) is 5.43. The Labute approximate surface area is 196 Å². The molecule has 0 aliphatic heterocycles. The molecule has 0 aliphatic rings. The Hall–Kier alpha value is -3.16. The summed E-state index contributed by atoms with van der Waals surface area (Å²) in [5.74, 6) is -0.113. The molecule has 0 radical (unpaired) electrons. The molecule has 7 heteroatoms. The predicted molar refractivity (Wildman–Crippen MR) is 130 cm³/mol. The van der Waals surface area contributed by atoms with E-state index in [-0.39, 0.29) is 35.7 Å². The van der Waals surface area contributed by atoms with Crippen LogP contribution in [-0.4, -0.2) is 38.8 Å². The van der Waals surface area contributed by atoms with Gasteiger partial charge in [-0.1, -0.05) is 66.7 Å². The Morgan fingerprint density at radius 2 is 1.64 bits per heavy atom. The van der Waals surface area contributed by atoms with Gasteiger partial charge in [-0.05, 0) is 49.1 Å². The van der Waals surface area contributed by atoms with Crippen LogP contribution in [0.15, 0.2) is 83.8 Å². The van der Waals surface area contributed by atoms with Gasteiger partial charge >= 0.3 is 0 Å². The highest BCUT2D eigenvalue weighted by Crippen LogP contribution is 2.28. The maximum absolute atomic E-state index is 13.6. The maximum atomic E-state index is 13.6. The summed E-state index contributed by atoms with van der Waals surface area (Å²) < 4.78 is 33.8. The van der Waals surface area contributed by atoms with Gasteiger partial charge in [0.1, 0.15) is 10.6 Å². The van der Waals surface area contributed by atoms with E-state index in [0.29, 0.717) is 6.42 Å². The number of benzene rings is 3. The van der Waals surface area contributed by atoms with E-state index in [1.54, 1.807) is 18.2 Å². The first-order chi connectivity index (χ1) is 15.8. The smallest absolute Gasteiger partial charge is 0.247 e. The lowest BCUT2D eigenvalue weighted by atomic mass is 10.1. The first kappa shape index (κ1) is 24.5. The monoisotopic (exact) mass is 466 g/mol. The normalized spacial score (nSPS) is 12.4. The van der Waals surface area contributed by atoms with Crippen molar-refractivity contribution in [3.63, 3.8) is 0 Å². The molecule has 0 aromatic heterocycles. The number of carbonyl (C=O) groups is 1. The number of methoxy groups -OCH3 is 1. The highest BCUT2D eigenvalue weighted by atomic mass is 32.2. The van der Waals surface area contributed by atoms with Crippen LogP contribution < -0.4 is 10.1 Å². The number of nitrogens with zero attached hydrogens (tertiary/aromatic N) is 1. The van der Waals surface area contributed by atoms with Gasteiger partial charge in [0.2, 0.25) is 15.9 Å². The Morgan fingerprint density at radius 1 is 1.00 bits per heavy atom. The molecule has 6 nitrogen and oxygen atoms in total. The van der Waals surface area contributed by atoms with Gasteiger partial charge < -0.3 is 10.1 Å². The fourth-order valence-electron chi connectivity index (χ4n) is 3.58. The third kappa shape index (κ3) is 6.43. The first-order valence-electron chi connectivity index (χ1n) is 10.8. The molecule has 174 valence electrons. The lowest BCUT2D eigenvalue weighted by Crippen LogP contribution is -2.42. The van der Waals surface area contributed by atoms with E-state index in [0.717, 1.165) is 16.7 Å². The van der Waals surface area contributed by atoms with E-state index < -0.39 is 10.0 Å². The number of hydrogen-bond donors (Lipinski definition) is 1. The highest BCUT2D eigenvalue weighted by molar-refractivity contribution is 7.89. The second-order valence-electron chi connectivity index (χ2n) is 7.93. The van der Waals surface area contributed by atoms with Crippen LogP contribution in [0.4, 0.5) is 0 Å². The number of sulfonamides is 1. The van der Waals surface area contributed by atoms with Crippen LogP contribution >= 0.6 is 0 Å². The minimum Gasteiger partial charge on any atom is -0.495 e. The van der Waals surface area contributed by atoms with E-state index in [4.69, 9.17) is 4.74 Å². The fourth-order valence-corrected chi connectivity index (χ4v) is 5.22. The van der Waals surface area contributed by atoms with Crippen LogP contribution in [0.2, 0.25) is 0 Å². The van der Waals surface area contributed by atoms with Crippen LogP contribution in [0.25, 0.3) is 0 Å². The number of aryl methyl sites for hydroxylation is 1. The molecule has 1 N–H and O–H groups in total. The number of ether oxygens (including phenoxy) is 1. The summed E-state index contributed by atoms with van der Waals surface area (Å²) in [5.41, 5.74) is 2.73. The number of hydrogen-bond acceptors (Lipinski definition) is 4. The van der Waals surface area contributed by atoms with E-state index in [9.17, 15) is 13.2 Å². The summed E-state index contributed by atoms with van der Waals surface area (Å²) in [7, 11) is -2.55. The molecule has 33 heavy (non-hydrogen) atoms. The summed E-state index contributed by atoms with van der Waals surface area (Å²) in [6, 6.07) is 23.9. The van der Waals surface area contributed by atoms with E-state index in [1.807, 2.05) is 74.5 Å². The molecule has 0 unspecified atom stereocenters. The van der Waals surface area contributed by atoms with Gasteiger partial charge in [-0.25, -0.2) is 8.42 Å². The van der Waals surface area contributed by atoms with Crippen LogP contribution in [-0.2, 0) is 21.2 Å². The van der Waals surface area contributed by atoms with Crippen molar-refractivity contribution in [2.45, 2.75) is 31.2 Å². The number of rotatable bonds is 10. The number of carbonyl (C=O) groups excluding carboxylic acids is 1. The zero-order chi connectivity index (χ0) is 23.8. The van der Waals surface area contributed by atoms with Crippen molar-refractivity contribution >= 4 is 15.9 Å². The zero-order valence-electron chi connectivity index (χ0n) is 19.2. The first-order valence-corrected chi connectivity index (χ1v) is 12.3. The van der Waals surface area contributed by atoms with Gasteiger partial charge in [-0.3, -0.25) is 4.79 Å². The molecule has 3 rings (SSSR count). The summed E-state index contributed by atoms with van der Waals surface area (Å²) in [4.78, 5) is 13.0. The third-order valence-corrected chi connectivity index (χ3v) is 7.29. The van der Waals surface area contributed by atoms with Gasteiger partial charge in [0, 0.05) is 6.54 Å². The molecule has 0 aliphatic carbocycles. The maximum Gasteiger partial charge on any atom is 0.247 e. The highest BCUT2D eigenvalue weighted by Gasteiger charge is 2.30. The molecule has 1 atom stereocenters. The average Bonchev–Trinajstić information content (AvgIpc) is 2.82. The molecule has 0 spiro atoms. The lowest BCUT2D eigenvalue weighted by molar-refractivity contribution is -0.121. The van der Waals surface area contributed by atoms with Crippen LogP contribution in [0.5, 0.6) is 5.75 Å². The number of amides is 1. The van der Waals surface area contributed by atoms with Crippen LogP contribution in [0.3, 0.4) is 0 Å². The molecule has 0 bridgehead atoms. The van der Waals surface area contributed by atoms with E-state index in [2.05, 4.69) is 5.32 Å². The van der Waals surface area contributed by atoms with Crippen LogP contribution in [0.1, 0.15) is 29.7 Å². The standard InChI is InChI=1S/C26H30N2O4S/c1-20-14-15-24(32-3)25(18-20)33(30,31)28(17-16-22-10-6-4-7-11-22)19-26(29)27-21(2)23-12-8-5-9-13-23/h4-15,18,21H,16-17,19H2,1-3H3,(H,27,29)/t21-/m1/s1. The van der Waals surface area contributed by atoms with Gasteiger partial charge in [0.15, 0.2) is 0 Å². The molecular formula is C26H30N2O4S. The van der Waals surface area contributed by atoms with Crippen molar-refractivity contribution in [3.8, 4) is 5.75 Å². The number of nitrogens with one attached hydrogen (secondary N) is 1. The van der Waals surface area contributed by atoms with Gasteiger partial charge in [-0.15, -0.1) is 0 Å². The molecular weight excluding hydrogens is 436 g/mol. The van der Waals surface area contributed by atoms with Crippen molar-refractivity contribution < 1.29 is 17.9 Å². The Bertz CT molecular complexity index is 1170. The Balaban J connectivity index is 1.85. The molecule has 0 heterocycles. The summed E-state index contributed by atoms with van der Waals surface area (Å²) in [6.07, 6.45) is 0.482. The second-order valence-corrected chi connectivity index (χ2v) is 9.83. The molecule has 3 aromatic carbocycles. The Kier molecular flexibility index (Phi) is 8.25. The van der Waals surface area contributed by atoms with Crippen molar-refractivity contribution in [1.29, 1.82) is 0 Å². The summed E-state index contributed by atoms with van der Waals surface area (Å²) in [6.45, 7) is 3.57. The minimum atomic E-state index is -3.98. The zero-order valence-corrected chi connectivity index (χ0v) is 20.0. The molecule has 1 amide bonds. The molecule has 3 aromatic rings. The van der Waals surface area contributed by atoms with E-state index >= 15 is 0 Å². The van der Waals surface area contributed by atoms with Gasteiger partial charge in [0.25, 0.3) is 0 Å². The molecule has 0 fully saturated rings. The predicted octanol–water partition coefficient (Wildman–Crippen LogP) is 4.11. The average molecular weight is 467 g/mol. The van der Waals surface area contributed by atoms with Crippen molar-refractivity contribution in [2.24, 2.45) is 0 Å². The van der Waals surface area contributed by atoms with E-state index in [1.165, 1.54) is 11.4 Å². The van der Waals surface area contributed by atoms with Crippen molar-refractivity contribution in [1.82, 2.24) is 9.62 Å². The summed E-state index contributed by atoms with van der Waals surface area (Å²) in [5, 5.41) is 2.91. The van der Waals surface area contributed by atoms with Crippen molar-refractivity contribution in [3.05, 3.63) is 95.6 Å². The SMILES string of the molecule is COc1ccc(C)cc1S(=O)(=O)N(CCc1ccccc1)CC(=O)N[C@H](C)c1ccccc1. The quantitative estimate of drug-likeness (QED) is 0.488. The largest absolute Gasteiger partial charge is 0.495 e. The fraction of sp³-hybridized carbons (Fsp3) is 0.269. The van der Waals surface area contributed by atoms with Crippen molar-refractivity contribution in [2.75, 3.05) is 20.2 Å². The summed E-state index contributed by atoms with van der Waals surface area (Å²) >= 11 is 0. The molecule has 0 saturated carbocycles.